The Hall–Kier alpha value is -2.40. The molecule has 0 fully saturated rings. The molecule has 0 radical (unpaired) electrons. The highest BCUT2D eigenvalue weighted by Gasteiger charge is 2.33. The lowest BCUT2D eigenvalue weighted by Gasteiger charge is -2.33. The van der Waals surface area contributed by atoms with Crippen molar-refractivity contribution >= 4 is 50.9 Å². The zero-order valence-corrected chi connectivity index (χ0v) is 21.6. The number of hydrogen-bond acceptors (Lipinski definition) is 4. The maximum Gasteiger partial charge on any atom is 0.304 e. The molecule has 1 unspecified atom stereocenters. The summed E-state index contributed by atoms with van der Waals surface area (Å²) in [5.41, 5.74) is 0.708. The molecule has 2 aromatic rings. The zero-order valence-electron chi connectivity index (χ0n) is 19.3. The molecule has 2 rings (SSSR count). The average Bonchev–Trinajstić information content (AvgIpc) is 2.79. The van der Waals surface area contributed by atoms with E-state index in [1.807, 2.05) is 0 Å². The molecule has 0 aliphatic rings. The lowest BCUT2D eigenvalue weighted by atomic mass is 10.1. The number of anilines is 1. The van der Waals surface area contributed by atoms with E-state index in [4.69, 9.17) is 23.2 Å². The largest absolute Gasteiger partial charge is 0.357 e. The van der Waals surface area contributed by atoms with Crippen LogP contribution in [-0.2, 0) is 26.3 Å². The molecule has 0 saturated heterocycles. The minimum Gasteiger partial charge on any atom is -0.357 e. The van der Waals surface area contributed by atoms with Crippen LogP contribution in [0.5, 0.6) is 0 Å². The monoisotopic (exact) mass is 532 g/mol. The molecule has 186 valence electrons. The van der Waals surface area contributed by atoms with Crippen molar-refractivity contribution in [3.63, 3.8) is 0 Å². The summed E-state index contributed by atoms with van der Waals surface area (Å²) in [5.74, 6) is -1.58. The summed E-state index contributed by atoms with van der Waals surface area (Å²) < 4.78 is 41.3. The van der Waals surface area contributed by atoms with Crippen LogP contribution in [-0.4, -0.2) is 63.2 Å². The van der Waals surface area contributed by atoms with Gasteiger partial charge in [0.25, 0.3) is 0 Å². The van der Waals surface area contributed by atoms with Gasteiger partial charge >= 0.3 is 10.2 Å². The number of nitrogens with one attached hydrogen (secondary N) is 1. The Morgan fingerprint density at radius 2 is 1.68 bits per heavy atom. The number of halogens is 3. The summed E-state index contributed by atoms with van der Waals surface area (Å²) in [4.78, 5) is 27.4. The summed E-state index contributed by atoms with van der Waals surface area (Å²) in [6, 6.07) is 8.68. The van der Waals surface area contributed by atoms with Crippen LogP contribution in [0.1, 0.15) is 18.9 Å². The maximum absolute atomic E-state index is 13.5. The molecule has 0 bridgehead atoms. The van der Waals surface area contributed by atoms with Crippen molar-refractivity contribution in [1.82, 2.24) is 14.5 Å². The molecule has 1 N–H and O–H groups in total. The third-order valence-electron chi connectivity index (χ3n) is 5.10. The number of amides is 2. The lowest BCUT2D eigenvalue weighted by molar-refractivity contribution is -0.140. The van der Waals surface area contributed by atoms with E-state index in [1.54, 1.807) is 25.1 Å². The average molecular weight is 533 g/mol. The number of likely N-dealkylation sites (N-methyl/N-ethyl adjacent to an activating group) is 1. The molecule has 0 spiro atoms. The fourth-order valence-corrected chi connectivity index (χ4v) is 4.62. The van der Waals surface area contributed by atoms with E-state index in [0.717, 1.165) is 20.7 Å². The number of carbonyl (C=O) groups excluding carboxylic acids is 2. The van der Waals surface area contributed by atoms with E-state index in [2.05, 4.69) is 5.32 Å². The molecule has 0 aliphatic heterocycles. The molecule has 1 atom stereocenters. The van der Waals surface area contributed by atoms with Gasteiger partial charge in [-0.2, -0.15) is 12.7 Å². The van der Waals surface area contributed by atoms with Crippen LogP contribution < -0.4 is 9.62 Å². The SMILES string of the molecule is CCC(C(=O)NC)N(Cc1ccc(Cl)c(Cl)c1)C(=O)CN(c1ccc(F)cc1)S(=O)(=O)N(C)C. The fourth-order valence-electron chi connectivity index (χ4n) is 3.25. The quantitative estimate of drug-likeness (QED) is 0.508. The zero-order chi connectivity index (χ0) is 25.6. The van der Waals surface area contributed by atoms with Crippen LogP contribution in [0.25, 0.3) is 0 Å². The summed E-state index contributed by atoms with van der Waals surface area (Å²) in [7, 11) is -0.0216. The highest BCUT2D eigenvalue weighted by molar-refractivity contribution is 7.90. The predicted molar refractivity (Wildman–Crippen MR) is 132 cm³/mol. The topological polar surface area (TPSA) is 90.0 Å². The number of nitrogens with zero attached hydrogens (tertiary/aromatic N) is 3. The Balaban J connectivity index is 2.50. The van der Waals surface area contributed by atoms with E-state index in [0.29, 0.717) is 10.6 Å². The summed E-state index contributed by atoms with van der Waals surface area (Å²) in [6.07, 6.45) is 0.281. The second kappa shape index (κ2) is 11.8. The minimum absolute atomic E-state index is 0.0130. The van der Waals surface area contributed by atoms with E-state index in [1.165, 1.54) is 38.2 Å². The van der Waals surface area contributed by atoms with Gasteiger partial charge in [-0.25, -0.2) is 8.70 Å². The van der Waals surface area contributed by atoms with E-state index < -0.39 is 40.4 Å². The van der Waals surface area contributed by atoms with Crippen LogP contribution in [0.2, 0.25) is 10.0 Å². The van der Waals surface area contributed by atoms with Crippen molar-refractivity contribution < 1.29 is 22.4 Å². The molecule has 2 aromatic carbocycles. The smallest absolute Gasteiger partial charge is 0.304 e. The molecule has 34 heavy (non-hydrogen) atoms. The maximum atomic E-state index is 13.5. The van der Waals surface area contributed by atoms with Crippen LogP contribution >= 0.6 is 23.2 Å². The van der Waals surface area contributed by atoms with E-state index in [-0.39, 0.29) is 23.7 Å². The molecular formula is C22H27Cl2FN4O4S. The summed E-state index contributed by atoms with van der Waals surface area (Å²) in [6.45, 7) is 1.12. The van der Waals surface area contributed by atoms with Gasteiger partial charge in [0.15, 0.2) is 0 Å². The number of carbonyl (C=O) groups is 2. The summed E-state index contributed by atoms with van der Waals surface area (Å²) >= 11 is 12.1. The molecule has 0 heterocycles. The van der Waals surface area contributed by atoms with E-state index in [9.17, 15) is 22.4 Å². The van der Waals surface area contributed by atoms with Crippen molar-refractivity contribution in [2.75, 3.05) is 32.0 Å². The first-order valence-corrected chi connectivity index (χ1v) is 12.5. The lowest BCUT2D eigenvalue weighted by Crippen LogP contribution is -2.52. The molecular weight excluding hydrogens is 506 g/mol. The minimum atomic E-state index is -4.12. The third-order valence-corrected chi connectivity index (χ3v) is 7.66. The second-order valence-electron chi connectivity index (χ2n) is 7.58. The highest BCUT2D eigenvalue weighted by atomic mass is 35.5. The van der Waals surface area contributed by atoms with Crippen molar-refractivity contribution in [1.29, 1.82) is 0 Å². The van der Waals surface area contributed by atoms with Gasteiger partial charge in [-0.3, -0.25) is 9.59 Å². The van der Waals surface area contributed by atoms with E-state index >= 15 is 0 Å². The van der Waals surface area contributed by atoms with Gasteiger partial charge in [-0.15, -0.1) is 0 Å². The molecule has 0 saturated carbocycles. The molecule has 8 nitrogen and oxygen atoms in total. The van der Waals surface area contributed by atoms with Gasteiger partial charge in [0, 0.05) is 27.7 Å². The first kappa shape index (κ1) is 27.8. The second-order valence-corrected chi connectivity index (χ2v) is 10.5. The van der Waals surface area contributed by atoms with Crippen molar-refractivity contribution in [2.24, 2.45) is 0 Å². The predicted octanol–water partition coefficient (Wildman–Crippen LogP) is 3.30. The van der Waals surface area contributed by atoms with Crippen molar-refractivity contribution in [3.05, 3.63) is 63.9 Å². The molecule has 2 amide bonds. The number of hydrogen-bond donors (Lipinski definition) is 1. The highest BCUT2D eigenvalue weighted by Crippen LogP contribution is 2.25. The fraction of sp³-hybridized carbons (Fsp3) is 0.364. The number of benzene rings is 2. The van der Waals surface area contributed by atoms with Gasteiger partial charge in [-0.1, -0.05) is 36.2 Å². The van der Waals surface area contributed by atoms with Gasteiger partial charge < -0.3 is 10.2 Å². The van der Waals surface area contributed by atoms with Gasteiger partial charge in [0.2, 0.25) is 11.8 Å². The molecule has 12 heteroatoms. The first-order chi connectivity index (χ1) is 15.9. The Morgan fingerprint density at radius 1 is 1.06 bits per heavy atom. The van der Waals surface area contributed by atoms with Crippen LogP contribution in [0.15, 0.2) is 42.5 Å². The van der Waals surface area contributed by atoms with Gasteiger partial charge in [-0.05, 0) is 48.4 Å². The van der Waals surface area contributed by atoms with Crippen molar-refractivity contribution in [3.8, 4) is 0 Å². The Bertz CT molecular complexity index is 1130. The summed E-state index contributed by atoms with van der Waals surface area (Å²) in [5, 5.41) is 3.15. The number of rotatable bonds is 10. The first-order valence-electron chi connectivity index (χ1n) is 10.3. The van der Waals surface area contributed by atoms with Crippen LogP contribution in [0.3, 0.4) is 0 Å². The van der Waals surface area contributed by atoms with Crippen LogP contribution in [0, 0.1) is 5.82 Å². The van der Waals surface area contributed by atoms with Gasteiger partial charge in [0.1, 0.15) is 18.4 Å². The molecule has 0 aromatic heterocycles. The van der Waals surface area contributed by atoms with Crippen LogP contribution in [0.4, 0.5) is 10.1 Å². The Labute approximate surface area is 209 Å². The van der Waals surface area contributed by atoms with Gasteiger partial charge in [0.05, 0.1) is 15.7 Å². The Morgan fingerprint density at radius 3 is 2.18 bits per heavy atom. The normalized spacial score (nSPS) is 12.4. The Kier molecular flexibility index (Phi) is 9.69. The standard InChI is InChI=1S/C22H27Cl2FN4O4S/c1-5-20(22(31)26-2)28(13-15-6-11-18(23)19(24)12-15)21(30)14-29(34(32,33)27(3)4)17-9-7-16(25)8-10-17/h6-12,20H,5,13-14H2,1-4H3,(H,26,31). The van der Waals surface area contributed by atoms with Crippen molar-refractivity contribution in [2.45, 2.75) is 25.9 Å². The molecule has 0 aliphatic carbocycles. The third kappa shape index (κ3) is 6.59.